The number of nitrogens with two attached hydrogens (primary N) is 1. The lowest BCUT2D eigenvalue weighted by Gasteiger charge is -2.23. The molecule has 100 valence electrons. The van der Waals surface area contributed by atoms with Gasteiger partial charge in [-0.3, -0.25) is 0 Å². The summed E-state index contributed by atoms with van der Waals surface area (Å²) < 4.78 is 5.31. The number of nitrogen functional groups attached to an aromatic ring is 1. The zero-order chi connectivity index (χ0) is 13.2. The van der Waals surface area contributed by atoms with Crippen molar-refractivity contribution in [3.8, 4) is 11.6 Å². The molecule has 0 spiro atoms. The first-order valence-corrected chi connectivity index (χ1v) is 6.79. The highest BCUT2D eigenvalue weighted by Crippen LogP contribution is 2.35. The number of nitrogens with zero attached hydrogens (tertiary/aromatic N) is 3. The Balaban J connectivity index is 1.83. The molecular weight excluding hydrogens is 240 g/mol. The molecule has 0 bridgehead atoms. The Morgan fingerprint density at radius 3 is 2.95 bits per heavy atom. The van der Waals surface area contributed by atoms with Crippen molar-refractivity contribution in [3.05, 3.63) is 24.0 Å². The lowest BCUT2D eigenvalue weighted by atomic mass is 9.82. The molecule has 2 unspecified atom stereocenters. The fraction of sp³-hybridized carbons (Fsp3) is 0.500. The van der Waals surface area contributed by atoms with Gasteiger partial charge in [-0.2, -0.15) is 4.98 Å². The summed E-state index contributed by atoms with van der Waals surface area (Å²) in [6.07, 6.45) is 4.83. The van der Waals surface area contributed by atoms with Crippen LogP contribution in [0.25, 0.3) is 11.6 Å². The number of hydrogen-bond donors (Lipinski definition) is 1. The Morgan fingerprint density at radius 1 is 1.26 bits per heavy atom. The van der Waals surface area contributed by atoms with E-state index in [1.807, 2.05) is 12.1 Å². The molecule has 3 rings (SSSR count). The van der Waals surface area contributed by atoms with Crippen LogP contribution in [0.2, 0.25) is 0 Å². The van der Waals surface area contributed by atoms with Crippen molar-refractivity contribution < 1.29 is 4.52 Å². The quantitative estimate of drug-likeness (QED) is 0.895. The van der Waals surface area contributed by atoms with Gasteiger partial charge in [-0.1, -0.05) is 31.0 Å². The van der Waals surface area contributed by atoms with Crippen molar-refractivity contribution in [2.45, 2.75) is 38.5 Å². The lowest BCUT2D eigenvalue weighted by molar-refractivity contribution is 0.324. The second-order valence-corrected chi connectivity index (χ2v) is 5.37. The van der Waals surface area contributed by atoms with Gasteiger partial charge in [-0.15, -0.1) is 0 Å². The number of hydrogen-bond acceptors (Lipinski definition) is 5. The molecule has 1 fully saturated rings. The summed E-state index contributed by atoms with van der Waals surface area (Å²) in [7, 11) is 0. The topological polar surface area (TPSA) is 77.8 Å². The maximum absolute atomic E-state index is 5.66. The Kier molecular flexibility index (Phi) is 3.19. The van der Waals surface area contributed by atoms with Crippen molar-refractivity contribution in [2.24, 2.45) is 5.92 Å². The average molecular weight is 258 g/mol. The highest BCUT2D eigenvalue weighted by atomic mass is 16.5. The smallest absolute Gasteiger partial charge is 0.276 e. The normalized spacial score (nSPS) is 23.4. The van der Waals surface area contributed by atoms with Crippen LogP contribution in [-0.2, 0) is 0 Å². The van der Waals surface area contributed by atoms with Crippen molar-refractivity contribution in [1.29, 1.82) is 0 Å². The van der Waals surface area contributed by atoms with Gasteiger partial charge in [0.15, 0.2) is 5.82 Å². The second-order valence-electron chi connectivity index (χ2n) is 5.37. The minimum Gasteiger partial charge on any atom is -0.384 e. The molecule has 0 radical (unpaired) electrons. The third kappa shape index (κ3) is 2.59. The Bertz CT molecular complexity index is 566. The van der Waals surface area contributed by atoms with Crippen LogP contribution in [0.5, 0.6) is 0 Å². The summed E-state index contributed by atoms with van der Waals surface area (Å²) in [5.74, 6) is 2.89. The molecule has 2 aromatic heterocycles. The molecule has 1 aliphatic rings. The van der Waals surface area contributed by atoms with Crippen LogP contribution in [-0.4, -0.2) is 15.1 Å². The maximum Gasteiger partial charge on any atom is 0.276 e. The van der Waals surface area contributed by atoms with Crippen molar-refractivity contribution in [2.75, 3.05) is 5.73 Å². The molecular formula is C14H18N4O. The molecule has 5 nitrogen and oxygen atoms in total. The molecule has 19 heavy (non-hydrogen) atoms. The van der Waals surface area contributed by atoms with Crippen LogP contribution in [0.3, 0.4) is 0 Å². The second kappa shape index (κ2) is 4.99. The Labute approximate surface area is 112 Å². The van der Waals surface area contributed by atoms with Gasteiger partial charge >= 0.3 is 0 Å². The average Bonchev–Trinajstić information content (AvgIpc) is 2.88. The molecule has 0 aromatic carbocycles. The van der Waals surface area contributed by atoms with Crippen molar-refractivity contribution in [1.82, 2.24) is 15.1 Å². The summed E-state index contributed by atoms with van der Waals surface area (Å²) in [6, 6.07) is 5.41. The highest BCUT2D eigenvalue weighted by Gasteiger charge is 2.25. The third-order valence-corrected chi connectivity index (χ3v) is 3.73. The van der Waals surface area contributed by atoms with E-state index in [1.165, 1.54) is 12.8 Å². The van der Waals surface area contributed by atoms with E-state index < -0.39 is 0 Å². The summed E-state index contributed by atoms with van der Waals surface area (Å²) in [6.45, 7) is 2.28. The monoisotopic (exact) mass is 258 g/mol. The first-order valence-electron chi connectivity index (χ1n) is 6.79. The van der Waals surface area contributed by atoms with Gasteiger partial charge < -0.3 is 10.3 Å². The predicted octanol–water partition coefficient (Wildman–Crippen LogP) is 3.01. The van der Waals surface area contributed by atoms with Crippen molar-refractivity contribution >= 4 is 5.82 Å². The fourth-order valence-corrected chi connectivity index (χ4v) is 2.74. The Hall–Kier alpha value is -1.91. The van der Waals surface area contributed by atoms with Gasteiger partial charge in [0.1, 0.15) is 11.5 Å². The van der Waals surface area contributed by atoms with E-state index in [-0.39, 0.29) is 0 Å². The summed E-state index contributed by atoms with van der Waals surface area (Å²) in [4.78, 5) is 8.68. The fourth-order valence-electron chi connectivity index (χ4n) is 2.74. The molecule has 1 saturated carbocycles. The molecule has 0 saturated heterocycles. The number of pyridine rings is 1. The number of anilines is 1. The van der Waals surface area contributed by atoms with Gasteiger partial charge in [-0.25, -0.2) is 4.98 Å². The van der Waals surface area contributed by atoms with Gasteiger partial charge in [0, 0.05) is 5.92 Å². The summed E-state index contributed by atoms with van der Waals surface area (Å²) >= 11 is 0. The first kappa shape index (κ1) is 12.1. The van der Waals surface area contributed by atoms with Crippen LogP contribution in [0.15, 0.2) is 22.7 Å². The van der Waals surface area contributed by atoms with Crippen LogP contribution >= 0.6 is 0 Å². The van der Waals surface area contributed by atoms with Crippen LogP contribution in [0.1, 0.15) is 44.3 Å². The van der Waals surface area contributed by atoms with E-state index in [0.29, 0.717) is 23.3 Å². The van der Waals surface area contributed by atoms with E-state index in [2.05, 4.69) is 22.0 Å². The molecule has 2 aromatic rings. The largest absolute Gasteiger partial charge is 0.384 e. The molecule has 1 aliphatic carbocycles. The molecule has 0 aliphatic heterocycles. The number of rotatable bonds is 2. The molecule has 2 heterocycles. The molecule has 2 N–H and O–H groups in total. The van der Waals surface area contributed by atoms with E-state index in [4.69, 9.17) is 10.3 Å². The standard InChI is InChI=1S/C14H18N4O/c1-9-4-2-5-10(8-9)13-17-14(19-18-13)11-6-3-7-12(15)16-11/h3,6-7,9-10H,2,4-5,8H2,1H3,(H2,15,16). The minimum atomic E-state index is 0.419. The highest BCUT2D eigenvalue weighted by molar-refractivity contribution is 5.50. The van der Waals surface area contributed by atoms with E-state index in [0.717, 1.165) is 24.6 Å². The van der Waals surface area contributed by atoms with E-state index in [1.54, 1.807) is 6.07 Å². The van der Waals surface area contributed by atoms with Gasteiger partial charge in [-0.05, 0) is 30.9 Å². The first-order chi connectivity index (χ1) is 9.22. The van der Waals surface area contributed by atoms with Crippen molar-refractivity contribution in [3.63, 3.8) is 0 Å². The van der Waals surface area contributed by atoms with Crippen LogP contribution in [0.4, 0.5) is 5.82 Å². The van der Waals surface area contributed by atoms with E-state index >= 15 is 0 Å². The van der Waals surface area contributed by atoms with Gasteiger partial charge in [0.2, 0.25) is 0 Å². The van der Waals surface area contributed by atoms with Gasteiger partial charge in [0.25, 0.3) is 5.89 Å². The van der Waals surface area contributed by atoms with E-state index in [9.17, 15) is 0 Å². The maximum atomic E-state index is 5.66. The molecule has 2 atom stereocenters. The predicted molar refractivity (Wildman–Crippen MR) is 72.3 cm³/mol. The number of aromatic nitrogens is 3. The Morgan fingerprint density at radius 2 is 2.16 bits per heavy atom. The summed E-state index contributed by atoms with van der Waals surface area (Å²) in [5, 5.41) is 4.11. The minimum absolute atomic E-state index is 0.419. The third-order valence-electron chi connectivity index (χ3n) is 3.73. The lowest BCUT2D eigenvalue weighted by Crippen LogP contribution is -2.12. The van der Waals surface area contributed by atoms with Crippen LogP contribution < -0.4 is 5.73 Å². The van der Waals surface area contributed by atoms with Crippen LogP contribution in [0, 0.1) is 5.92 Å². The zero-order valence-electron chi connectivity index (χ0n) is 11.0. The zero-order valence-corrected chi connectivity index (χ0v) is 11.0. The summed E-state index contributed by atoms with van der Waals surface area (Å²) in [5.41, 5.74) is 6.30. The molecule has 0 amide bonds. The molecule has 5 heteroatoms. The SMILES string of the molecule is CC1CCCC(c2noc(-c3cccc(N)n3)n2)C1. The van der Waals surface area contributed by atoms with Gasteiger partial charge in [0.05, 0.1) is 0 Å².